The molecule has 3 heterocycles. The number of nitrogens with zero attached hydrogens (tertiary/aromatic N) is 5. The lowest BCUT2D eigenvalue weighted by atomic mass is 9.85. The Morgan fingerprint density at radius 3 is 2.45 bits per heavy atom. The van der Waals surface area contributed by atoms with Crippen LogP contribution in [0.25, 0.3) is 16.8 Å². The van der Waals surface area contributed by atoms with Crippen LogP contribution < -0.4 is 16.4 Å². The molecule has 6 rings (SSSR count). The van der Waals surface area contributed by atoms with E-state index in [2.05, 4.69) is 9.97 Å². The second-order valence-corrected chi connectivity index (χ2v) is 10.4. The Hall–Kier alpha value is -4.77. The highest BCUT2D eigenvalue weighted by molar-refractivity contribution is 6.10. The molecular formula is C31H28F3N7O. The maximum Gasteiger partial charge on any atom is 0.416 e. The average Bonchev–Trinajstić information content (AvgIpc) is 3.39. The van der Waals surface area contributed by atoms with Gasteiger partial charge in [0.15, 0.2) is 0 Å². The van der Waals surface area contributed by atoms with Crippen molar-refractivity contribution in [2.75, 3.05) is 10.6 Å². The van der Waals surface area contributed by atoms with Crippen molar-refractivity contribution >= 4 is 28.7 Å². The van der Waals surface area contributed by atoms with Gasteiger partial charge in [0.2, 0.25) is 0 Å². The minimum absolute atomic E-state index is 0.114. The van der Waals surface area contributed by atoms with E-state index in [0.717, 1.165) is 55.4 Å². The number of anilines is 3. The second-order valence-electron chi connectivity index (χ2n) is 10.4. The van der Waals surface area contributed by atoms with Gasteiger partial charge in [-0.25, -0.2) is 15.0 Å². The summed E-state index contributed by atoms with van der Waals surface area (Å²) in [6.07, 6.45) is 3.75. The van der Waals surface area contributed by atoms with Crippen LogP contribution in [0, 0.1) is 0 Å². The van der Waals surface area contributed by atoms with Crippen LogP contribution in [-0.4, -0.2) is 31.3 Å². The number of halogens is 3. The summed E-state index contributed by atoms with van der Waals surface area (Å²) >= 11 is 0. The molecule has 3 aromatic heterocycles. The number of rotatable bonds is 5. The molecule has 0 saturated heterocycles. The number of aromatic nitrogens is 4. The second kappa shape index (κ2) is 10.9. The number of benzene rings is 2. The number of nitrogens with two attached hydrogens (primary N) is 2. The van der Waals surface area contributed by atoms with Crippen LogP contribution in [0.4, 0.5) is 30.5 Å². The van der Waals surface area contributed by atoms with Crippen LogP contribution >= 0.6 is 0 Å². The highest BCUT2D eigenvalue weighted by Crippen LogP contribution is 2.37. The van der Waals surface area contributed by atoms with Gasteiger partial charge in [0.25, 0.3) is 5.91 Å². The maximum atomic E-state index is 13.8. The number of para-hydroxylation sites is 1. The van der Waals surface area contributed by atoms with E-state index >= 15 is 0 Å². The van der Waals surface area contributed by atoms with Gasteiger partial charge in [0.1, 0.15) is 28.7 Å². The summed E-state index contributed by atoms with van der Waals surface area (Å²) < 4.78 is 42.4. The Morgan fingerprint density at radius 1 is 0.976 bits per heavy atom. The summed E-state index contributed by atoms with van der Waals surface area (Å²) in [5.74, 6) is 0.705. The van der Waals surface area contributed by atoms with Crippen molar-refractivity contribution < 1.29 is 18.0 Å². The van der Waals surface area contributed by atoms with E-state index in [1.807, 2.05) is 10.6 Å². The topological polar surface area (TPSA) is 115 Å². The molecule has 8 nitrogen and oxygen atoms in total. The highest BCUT2D eigenvalue weighted by atomic mass is 19.4. The lowest BCUT2D eigenvalue weighted by Gasteiger charge is -2.25. The van der Waals surface area contributed by atoms with E-state index in [-0.39, 0.29) is 23.3 Å². The smallest absolute Gasteiger partial charge is 0.382 e. The van der Waals surface area contributed by atoms with E-state index in [1.165, 1.54) is 4.90 Å². The Bertz CT molecular complexity index is 1740. The van der Waals surface area contributed by atoms with Gasteiger partial charge in [-0.3, -0.25) is 14.1 Å². The average molecular weight is 572 g/mol. The van der Waals surface area contributed by atoms with Crippen molar-refractivity contribution in [3.63, 3.8) is 0 Å². The van der Waals surface area contributed by atoms with Crippen molar-refractivity contribution in [3.05, 3.63) is 102 Å². The molecule has 0 spiro atoms. The van der Waals surface area contributed by atoms with Crippen LogP contribution in [0.5, 0.6) is 0 Å². The van der Waals surface area contributed by atoms with Gasteiger partial charge in [-0.1, -0.05) is 36.8 Å². The Morgan fingerprint density at radius 2 is 1.74 bits per heavy atom. The molecule has 0 radical (unpaired) electrons. The minimum atomic E-state index is -4.59. The number of carbonyl (C=O) groups is 1. The van der Waals surface area contributed by atoms with Crippen LogP contribution in [-0.2, 0) is 6.18 Å². The molecule has 42 heavy (non-hydrogen) atoms. The van der Waals surface area contributed by atoms with Crippen molar-refractivity contribution in [1.29, 1.82) is 0 Å². The van der Waals surface area contributed by atoms with E-state index in [1.54, 1.807) is 60.8 Å². The first kappa shape index (κ1) is 27.4. The molecular weight excluding hydrogens is 543 g/mol. The predicted molar refractivity (Wildman–Crippen MR) is 154 cm³/mol. The largest absolute Gasteiger partial charge is 0.416 e. The number of pyridine rings is 1. The number of imidazole rings is 1. The molecule has 1 aliphatic rings. The van der Waals surface area contributed by atoms with Gasteiger partial charge in [0, 0.05) is 41.7 Å². The summed E-state index contributed by atoms with van der Waals surface area (Å²) in [5, 5.41) is 0. The fourth-order valence-corrected chi connectivity index (χ4v) is 5.59. The molecule has 4 N–H and O–H groups in total. The Labute approximate surface area is 239 Å². The number of nitrogen functional groups attached to an aromatic ring is 1. The first-order valence-electron chi connectivity index (χ1n) is 13.6. The SMILES string of the molecule is Nc1nccn2c([C@H]3CCC[C@H](N)C3)nc(-c3ccc(C(=O)N(c4ccccc4)c4cc(C(F)(F)F)ccn4)cc3)c12. The third-order valence-electron chi connectivity index (χ3n) is 7.61. The van der Waals surface area contributed by atoms with Crippen LogP contribution in [0.3, 0.4) is 0 Å². The number of amides is 1. The first-order valence-corrected chi connectivity index (χ1v) is 13.6. The highest BCUT2D eigenvalue weighted by Gasteiger charge is 2.32. The van der Waals surface area contributed by atoms with Crippen LogP contribution in [0.2, 0.25) is 0 Å². The molecule has 214 valence electrons. The number of hydrogen-bond donors (Lipinski definition) is 2. The minimum Gasteiger partial charge on any atom is -0.382 e. The third-order valence-corrected chi connectivity index (χ3v) is 7.61. The number of hydrogen-bond acceptors (Lipinski definition) is 6. The third kappa shape index (κ3) is 5.18. The zero-order valence-corrected chi connectivity index (χ0v) is 22.5. The maximum absolute atomic E-state index is 13.8. The summed E-state index contributed by atoms with van der Waals surface area (Å²) in [4.78, 5) is 28.3. The van der Waals surface area contributed by atoms with E-state index in [4.69, 9.17) is 16.5 Å². The monoisotopic (exact) mass is 571 g/mol. The summed E-state index contributed by atoms with van der Waals surface area (Å²) in [6.45, 7) is 0. The predicted octanol–water partition coefficient (Wildman–Crippen LogP) is 6.36. The quantitative estimate of drug-likeness (QED) is 0.254. The molecule has 1 fully saturated rings. The zero-order valence-electron chi connectivity index (χ0n) is 22.5. The molecule has 1 saturated carbocycles. The summed E-state index contributed by atoms with van der Waals surface area (Å²) in [5.41, 5.74) is 14.3. The van der Waals surface area contributed by atoms with E-state index in [9.17, 15) is 18.0 Å². The molecule has 5 aromatic rings. The number of fused-ring (bicyclic) bond motifs is 1. The lowest BCUT2D eigenvalue weighted by Crippen LogP contribution is -2.27. The fraction of sp³-hybridized carbons (Fsp3) is 0.226. The number of carbonyl (C=O) groups excluding carboxylic acids is 1. The molecule has 11 heteroatoms. The van der Waals surface area contributed by atoms with Crippen molar-refractivity contribution in [1.82, 2.24) is 19.4 Å². The standard InChI is InChI=1S/C31H28F3N7O/c32-31(33,34)22-13-14-37-25(18-22)41(24-7-2-1-3-8-24)30(42)20-11-9-19(10-12-20)26-27-28(36)38-15-16-40(27)29(39-26)21-5-4-6-23(35)17-21/h1-3,7-16,18,21,23H,4-6,17,35H2,(H2,36,38)/t21-,23-/m0/s1. The molecule has 0 unspecified atom stereocenters. The Kier molecular flexibility index (Phi) is 7.11. The van der Waals surface area contributed by atoms with Gasteiger partial charge >= 0.3 is 6.18 Å². The summed E-state index contributed by atoms with van der Waals surface area (Å²) in [7, 11) is 0. The van der Waals surface area contributed by atoms with Crippen LogP contribution in [0.1, 0.15) is 53.3 Å². The molecule has 2 aromatic carbocycles. The molecule has 0 aliphatic heterocycles. The molecule has 1 aliphatic carbocycles. The van der Waals surface area contributed by atoms with E-state index in [0.29, 0.717) is 22.7 Å². The molecule has 2 atom stereocenters. The van der Waals surface area contributed by atoms with Gasteiger partial charge in [-0.2, -0.15) is 13.2 Å². The van der Waals surface area contributed by atoms with Crippen molar-refractivity contribution in [3.8, 4) is 11.3 Å². The fourth-order valence-electron chi connectivity index (χ4n) is 5.59. The summed E-state index contributed by atoms with van der Waals surface area (Å²) in [6, 6.07) is 17.0. The molecule has 1 amide bonds. The first-order chi connectivity index (χ1) is 20.2. The van der Waals surface area contributed by atoms with Gasteiger partial charge in [-0.05, 0) is 55.7 Å². The van der Waals surface area contributed by atoms with Crippen molar-refractivity contribution in [2.45, 2.75) is 43.8 Å². The van der Waals surface area contributed by atoms with Crippen molar-refractivity contribution in [2.24, 2.45) is 5.73 Å². The van der Waals surface area contributed by atoms with E-state index < -0.39 is 17.6 Å². The lowest BCUT2D eigenvalue weighted by molar-refractivity contribution is -0.137. The van der Waals surface area contributed by atoms with Gasteiger partial charge in [-0.15, -0.1) is 0 Å². The van der Waals surface area contributed by atoms with Gasteiger partial charge < -0.3 is 11.5 Å². The van der Waals surface area contributed by atoms with Crippen LogP contribution in [0.15, 0.2) is 85.3 Å². The zero-order chi connectivity index (χ0) is 29.4. The number of alkyl halides is 3. The Balaban J connectivity index is 1.38. The molecule has 0 bridgehead atoms. The van der Waals surface area contributed by atoms with Gasteiger partial charge in [0.05, 0.1) is 11.3 Å². The normalized spacial score (nSPS) is 17.3.